The Labute approximate surface area is 251 Å². The molecule has 1 aromatic rings. The highest BCUT2D eigenvalue weighted by atomic mass is 16.6. The Hall–Kier alpha value is -2.66. The molecule has 2 aliphatic rings. The van der Waals surface area contributed by atoms with Crippen LogP contribution in [0.3, 0.4) is 0 Å². The van der Waals surface area contributed by atoms with Gasteiger partial charge < -0.3 is 24.8 Å². The summed E-state index contributed by atoms with van der Waals surface area (Å²) in [6, 6.07) is 1.27. The van der Waals surface area contributed by atoms with E-state index < -0.39 is 11.7 Å². The molecular weight excluding hydrogens is 538 g/mol. The van der Waals surface area contributed by atoms with Crippen LogP contribution in [0.25, 0.3) is 0 Å². The fraction of sp³-hybridized carbons (Fsp3) is 0.806. The van der Waals surface area contributed by atoms with Gasteiger partial charge in [0.15, 0.2) is 5.82 Å². The zero-order valence-corrected chi connectivity index (χ0v) is 26.3. The third-order valence-corrected chi connectivity index (χ3v) is 7.66. The third kappa shape index (κ3) is 11.2. The minimum absolute atomic E-state index is 0.0185. The summed E-state index contributed by atoms with van der Waals surface area (Å²) in [5, 5.41) is 13.3. The second-order valence-electron chi connectivity index (χ2n) is 12.5. The number of aromatic nitrogens is 2. The van der Waals surface area contributed by atoms with Crippen LogP contribution < -0.4 is 16.0 Å². The Morgan fingerprint density at radius 2 is 1.43 bits per heavy atom. The van der Waals surface area contributed by atoms with E-state index in [4.69, 9.17) is 14.2 Å². The Balaban J connectivity index is 1.73. The summed E-state index contributed by atoms with van der Waals surface area (Å²) in [7, 11) is 0. The maximum Gasteiger partial charge on any atom is 0.413 e. The van der Waals surface area contributed by atoms with Gasteiger partial charge in [0, 0.05) is 19.3 Å². The molecule has 0 aromatic carbocycles. The molecule has 0 radical (unpaired) electrons. The van der Waals surface area contributed by atoms with E-state index in [1.165, 1.54) is 10.7 Å². The van der Waals surface area contributed by atoms with Gasteiger partial charge in [-0.15, -0.1) is 0 Å². The Bertz CT molecular complexity index is 1010. The van der Waals surface area contributed by atoms with Crippen molar-refractivity contribution in [1.82, 2.24) is 20.4 Å². The van der Waals surface area contributed by atoms with Crippen molar-refractivity contribution in [2.75, 3.05) is 18.5 Å². The minimum Gasteiger partial charge on any atom is -0.444 e. The SMILES string of the molecule is CCCCO[C@H]1CCCC[C@@H]1NC(=O)c1cc(NC(=O)OC(C)(C)C)nn1CC(=O)N[C@@H]1CCCC[C@H]1OCCCC. The normalized spacial score (nSPS) is 22.8. The molecule has 3 N–H and O–H groups in total. The second kappa shape index (κ2) is 16.8. The predicted molar refractivity (Wildman–Crippen MR) is 162 cm³/mol. The number of hydrogen-bond acceptors (Lipinski definition) is 7. The zero-order valence-electron chi connectivity index (χ0n) is 26.3. The standard InChI is InChI=1S/C31H53N5O6/c1-6-8-18-40-25-16-12-10-14-22(25)32-28(37)21-36-24(20-27(35-36)34-30(39)42-31(3,4)5)29(38)33-23-15-11-13-17-26(23)41-19-9-7-2/h20,22-23,25-26H,6-19,21H2,1-5H3,(H,32,37)(H,33,38)(H,34,35,39)/t22-,23+,25-,26+/m1/s1. The first-order chi connectivity index (χ1) is 20.1. The van der Waals surface area contributed by atoms with Crippen molar-refractivity contribution in [2.24, 2.45) is 0 Å². The quantitative estimate of drug-likeness (QED) is 0.249. The lowest BCUT2D eigenvalue weighted by Crippen LogP contribution is -2.48. The molecule has 3 amide bonds. The number of carbonyl (C=O) groups excluding carboxylic acids is 3. The van der Waals surface area contributed by atoms with Crippen LogP contribution in [0.15, 0.2) is 6.07 Å². The fourth-order valence-corrected chi connectivity index (χ4v) is 5.50. The van der Waals surface area contributed by atoms with Crippen LogP contribution >= 0.6 is 0 Å². The summed E-state index contributed by atoms with van der Waals surface area (Å²) in [6.07, 6.45) is 11.0. The molecule has 2 saturated carbocycles. The van der Waals surface area contributed by atoms with Crippen molar-refractivity contribution in [3.8, 4) is 0 Å². The molecule has 2 aliphatic carbocycles. The number of hydrogen-bond donors (Lipinski definition) is 3. The molecule has 1 heterocycles. The van der Waals surface area contributed by atoms with E-state index in [2.05, 4.69) is 34.9 Å². The molecule has 11 nitrogen and oxygen atoms in total. The molecule has 0 saturated heterocycles. The van der Waals surface area contributed by atoms with Crippen LogP contribution in [-0.4, -0.2) is 70.8 Å². The summed E-state index contributed by atoms with van der Waals surface area (Å²) in [5.74, 6) is -0.479. The van der Waals surface area contributed by atoms with Gasteiger partial charge in [0.1, 0.15) is 17.8 Å². The molecule has 238 valence electrons. The van der Waals surface area contributed by atoms with E-state index >= 15 is 0 Å². The van der Waals surface area contributed by atoms with Gasteiger partial charge in [0.25, 0.3) is 5.91 Å². The van der Waals surface area contributed by atoms with E-state index in [-0.39, 0.29) is 54.2 Å². The van der Waals surface area contributed by atoms with Gasteiger partial charge in [0.2, 0.25) is 5.91 Å². The molecule has 0 aliphatic heterocycles. The van der Waals surface area contributed by atoms with Gasteiger partial charge in [-0.2, -0.15) is 5.10 Å². The van der Waals surface area contributed by atoms with Crippen molar-refractivity contribution < 1.29 is 28.6 Å². The molecule has 1 aromatic heterocycles. The first-order valence-electron chi connectivity index (χ1n) is 16.0. The lowest BCUT2D eigenvalue weighted by atomic mass is 9.92. The number of amides is 3. The van der Waals surface area contributed by atoms with Gasteiger partial charge in [-0.3, -0.25) is 14.9 Å². The number of anilines is 1. The van der Waals surface area contributed by atoms with Crippen molar-refractivity contribution in [3.05, 3.63) is 11.8 Å². The van der Waals surface area contributed by atoms with Crippen LogP contribution in [0.1, 0.15) is 122 Å². The average molecular weight is 592 g/mol. The molecule has 3 rings (SSSR count). The van der Waals surface area contributed by atoms with Crippen LogP contribution in [0.5, 0.6) is 0 Å². The summed E-state index contributed by atoms with van der Waals surface area (Å²) in [5.41, 5.74) is -0.510. The lowest BCUT2D eigenvalue weighted by Gasteiger charge is -2.32. The molecule has 2 fully saturated rings. The molecular formula is C31H53N5O6. The monoisotopic (exact) mass is 591 g/mol. The van der Waals surface area contributed by atoms with E-state index in [0.29, 0.717) is 13.2 Å². The molecule has 11 heteroatoms. The maximum atomic E-state index is 13.6. The lowest BCUT2D eigenvalue weighted by molar-refractivity contribution is -0.124. The van der Waals surface area contributed by atoms with Crippen molar-refractivity contribution in [2.45, 2.75) is 148 Å². The molecule has 4 atom stereocenters. The first-order valence-corrected chi connectivity index (χ1v) is 16.0. The predicted octanol–water partition coefficient (Wildman–Crippen LogP) is 5.33. The summed E-state index contributed by atoms with van der Waals surface area (Å²) in [4.78, 5) is 39.3. The van der Waals surface area contributed by atoms with Crippen molar-refractivity contribution in [3.63, 3.8) is 0 Å². The number of nitrogens with one attached hydrogen (secondary N) is 3. The zero-order chi connectivity index (χ0) is 30.5. The highest BCUT2D eigenvalue weighted by molar-refractivity contribution is 5.95. The molecule has 0 unspecified atom stereocenters. The van der Waals surface area contributed by atoms with Crippen molar-refractivity contribution >= 4 is 23.7 Å². The summed E-state index contributed by atoms with van der Waals surface area (Å²) >= 11 is 0. The van der Waals surface area contributed by atoms with E-state index in [0.717, 1.165) is 77.0 Å². The van der Waals surface area contributed by atoms with Crippen LogP contribution in [-0.2, 0) is 25.5 Å². The van der Waals surface area contributed by atoms with Gasteiger partial charge >= 0.3 is 6.09 Å². The summed E-state index contributed by atoms with van der Waals surface area (Å²) < 4.78 is 18.9. The largest absolute Gasteiger partial charge is 0.444 e. The number of nitrogens with zero attached hydrogens (tertiary/aromatic N) is 2. The molecule has 42 heavy (non-hydrogen) atoms. The third-order valence-electron chi connectivity index (χ3n) is 7.66. The molecule has 0 bridgehead atoms. The van der Waals surface area contributed by atoms with Gasteiger partial charge in [-0.1, -0.05) is 52.4 Å². The van der Waals surface area contributed by atoms with Crippen LogP contribution in [0.2, 0.25) is 0 Å². The number of ether oxygens (including phenoxy) is 3. The smallest absolute Gasteiger partial charge is 0.413 e. The van der Waals surface area contributed by atoms with Gasteiger partial charge in [-0.25, -0.2) is 9.48 Å². The van der Waals surface area contributed by atoms with E-state index in [1.54, 1.807) is 20.8 Å². The Morgan fingerprint density at radius 1 is 0.881 bits per heavy atom. The highest BCUT2D eigenvalue weighted by Crippen LogP contribution is 2.24. The number of carbonyl (C=O) groups is 3. The number of unbranched alkanes of at least 4 members (excludes halogenated alkanes) is 2. The van der Waals surface area contributed by atoms with E-state index in [1.807, 2.05) is 0 Å². The highest BCUT2D eigenvalue weighted by Gasteiger charge is 2.31. The first kappa shape index (κ1) is 33.8. The van der Waals surface area contributed by atoms with E-state index in [9.17, 15) is 14.4 Å². The van der Waals surface area contributed by atoms with Gasteiger partial charge in [-0.05, 0) is 59.3 Å². The average Bonchev–Trinajstić information content (AvgIpc) is 3.31. The Kier molecular flexibility index (Phi) is 13.6. The second-order valence-corrected chi connectivity index (χ2v) is 12.5. The molecule has 0 spiro atoms. The fourth-order valence-electron chi connectivity index (χ4n) is 5.50. The summed E-state index contributed by atoms with van der Waals surface area (Å²) in [6.45, 7) is 10.7. The van der Waals surface area contributed by atoms with Gasteiger partial charge in [0.05, 0.1) is 24.3 Å². The Morgan fingerprint density at radius 3 is 1.98 bits per heavy atom. The number of rotatable bonds is 14. The van der Waals surface area contributed by atoms with Crippen LogP contribution in [0.4, 0.5) is 10.6 Å². The van der Waals surface area contributed by atoms with Crippen molar-refractivity contribution in [1.29, 1.82) is 0 Å². The topological polar surface area (TPSA) is 133 Å². The van der Waals surface area contributed by atoms with Crippen LogP contribution in [0, 0.1) is 0 Å². The maximum absolute atomic E-state index is 13.6. The minimum atomic E-state index is -0.698.